The predicted octanol–water partition coefficient (Wildman–Crippen LogP) is 1.85. The maximum Gasteiger partial charge on any atom is 0.255 e. The Morgan fingerprint density at radius 3 is 2.80 bits per heavy atom. The van der Waals surface area contributed by atoms with Crippen LogP contribution in [0.1, 0.15) is 15.9 Å². The summed E-state index contributed by atoms with van der Waals surface area (Å²) in [5.74, 6) is -0.136. The average Bonchev–Trinajstić information content (AvgIpc) is 2.90. The lowest BCUT2D eigenvalue weighted by Crippen LogP contribution is -2.22. The number of anilines is 1. The van der Waals surface area contributed by atoms with Gasteiger partial charge in [0.05, 0.1) is 17.3 Å². The van der Waals surface area contributed by atoms with Crippen LogP contribution < -0.4 is 11.1 Å². The lowest BCUT2D eigenvalue weighted by atomic mass is 10.2. The molecule has 5 heteroatoms. The standard InChI is InChI=1S/C15H14N4O/c16-12-6-4-11(5-7-12)9-17-15(20)13-10-18-19-8-2-1-3-14(13)19/h1-8,10H,9,16H2,(H,17,20). The molecule has 0 radical (unpaired) electrons. The Morgan fingerprint density at radius 2 is 2.00 bits per heavy atom. The molecule has 5 nitrogen and oxygen atoms in total. The molecule has 0 bridgehead atoms. The largest absolute Gasteiger partial charge is 0.399 e. The number of nitrogens with two attached hydrogens (primary N) is 1. The van der Waals surface area contributed by atoms with Gasteiger partial charge < -0.3 is 11.1 Å². The van der Waals surface area contributed by atoms with Crippen molar-refractivity contribution < 1.29 is 4.79 Å². The van der Waals surface area contributed by atoms with Gasteiger partial charge in [-0.1, -0.05) is 18.2 Å². The smallest absolute Gasteiger partial charge is 0.255 e. The molecular weight excluding hydrogens is 252 g/mol. The third-order valence-corrected chi connectivity index (χ3v) is 3.10. The summed E-state index contributed by atoms with van der Waals surface area (Å²) in [7, 11) is 0. The minimum atomic E-state index is -0.136. The van der Waals surface area contributed by atoms with Crippen molar-refractivity contribution in [3.8, 4) is 0 Å². The van der Waals surface area contributed by atoms with Gasteiger partial charge >= 0.3 is 0 Å². The molecule has 0 atom stereocenters. The second-order valence-corrected chi connectivity index (χ2v) is 4.51. The number of carbonyl (C=O) groups is 1. The second-order valence-electron chi connectivity index (χ2n) is 4.51. The molecule has 0 aliphatic rings. The molecule has 3 N–H and O–H groups in total. The van der Waals surface area contributed by atoms with Crippen molar-refractivity contribution in [2.24, 2.45) is 0 Å². The van der Waals surface area contributed by atoms with Crippen LogP contribution in [0.3, 0.4) is 0 Å². The van der Waals surface area contributed by atoms with E-state index in [1.165, 1.54) is 0 Å². The van der Waals surface area contributed by atoms with Crippen LogP contribution in [0.2, 0.25) is 0 Å². The third-order valence-electron chi connectivity index (χ3n) is 3.10. The minimum Gasteiger partial charge on any atom is -0.399 e. The van der Waals surface area contributed by atoms with Crippen LogP contribution in [-0.4, -0.2) is 15.5 Å². The normalized spacial score (nSPS) is 10.6. The highest BCUT2D eigenvalue weighted by molar-refractivity contribution is 6.00. The van der Waals surface area contributed by atoms with Gasteiger partial charge in [0.25, 0.3) is 5.91 Å². The van der Waals surface area contributed by atoms with Gasteiger partial charge in [0.2, 0.25) is 0 Å². The Morgan fingerprint density at radius 1 is 1.20 bits per heavy atom. The number of fused-ring (bicyclic) bond motifs is 1. The van der Waals surface area contributed by atoms with E-state index in [0.29, 0.717) is 17.8 Å². The van der Waals surface area contributed by atoms with Crippen LogP contribution in [-0.2, 0) is 6.54 Å². The lowest BCUT2D eigenvalue weighted by molar-refractivity contribution is 0.0952. The SMILES string of the molecule is Nc1ccc(CNC(=O)c2cnn3ccccc23)cc1. The number of nitrogens with zero attached hydrogens (tertiary/aromatic N) is 2. The summed E-state index contributed by atoms with van der Waals surface area (Å²) in [4.78, 5) is 12.2. The van der Waals surface area contributed by atoms with Crippen molar-refractivity contribution >= 4 is 17.1 Å². The van der Waals surface area contributed by atoms with E-state index in [1.54, 1.807) is 10.7 Å². The first-order chi connectivity index (χ1) is 9.74. The Bertz CT molecular complexity index is 746. The molecule has 3 aromatic rings. The summed E-state index contributed by atoms with van der Waals surface area (Å²) < 4.78 is 1.68. The number of nitrogens with one attached hydrogen (secondary N) is 1. The Labute approximate surface area is 116 Å². The van der Waals surface area contributed by atoms with E-state index in [1.807, 2.05) is 48.7 Å². The van der Waals surface area contributed by atoms with Crippen molar-refractivity contribution in [2.75, 3.05) is 5.73 Å². The lowest BCUT2D eigenvalue weighted by Gasteiger charge is -2.04. The van der Waals surface area contributed by atoms with E-state index in [9.17, 15) is 4.79 Å². The number of nitrogen functional groups attached to an aromatic ring is 1. The summed E-state index contributed by atoms with van der Waals surface area (Å²) in [5.41, 5.74) is 8.70. The molecule has 3 rings (SSSR count). The van der Waals surface area contributed by atoms with E-state index < -0.39 is 0 Å². The summed E-state index contributed by atoms with van der Waals surface area (Å²) in [6, 6.07) is 13.0. The van der Waals surface area contributed by atoms with Crippen LogP contribution in [0.4, 0.5) is 5.69 Å². The fourth-order valence-corrected chi connectivity index (χ4v) is 2.02. The molecule has 0 fully saturated rings. The molecule has 0 saturated heterocycles. The van der Waals surface area contributed by atoms with E-state index in [-0.39, 0.29) is 5.91 Å². The number of aromatic nitrogens is 2. The number of benzene rings is 1. The van der Waals surface area contributed by atoms with Crippen molar-refractivity contribution in [1.29, 1.82) is 0 Å². The maximum absolute atomic E-state index is 12.2. The van der Waals surface area contributed by atoms with Gasteiger partial charge in [-0.3, -0.25) is 4.79 Å². The van der Waals surface area contributed by atoms with E-state index in [2.05, 4.69) is 10.4 Å². The quantitative estimate of drug-likeness (QED) is 0.710. The van der Waals surface area contributed by atoms with Crippen LogP contribution in [0, 0.1) is 0 Å². The average molecular weight is 266 g/mol. The monoisotopic (exact) mass is 266 g/mol. The van der Waals surface area contributed by atoms with Gasteiger partial charge in [-0.25, -0.2) is 4.52 Å². The second kappa shape index (κ2) is 5.05. The molecule has 100 valence electrons. The van der Waals surface area contributed by atoms with Crippen molar-refractivity contribution in [2.45, 2.75) is 6.54 Å². The maximum atomic E-state index is 12.2. The third kappa shape index (κ3) is 2.33. The van der Waals surface area contributed by atoms with Gasteiger partial charge in [-0.15, -0.1) is 0 Å². The van der Waals surface area contributed by atoms with Gasteiger partial charge in [0.15, 0.2) is 0 Å². The number of carbonyl (C=O) groups excluding carboxylic acids is 1. The van der Waals surface area contributed by atoms with Gasteiger partial charge in [-0.05, 0) is 29.8 Å². The Hall–Kier alpha value is -2.82. The van der Waals surface area contributed by atoms with E-state index >= 15 is 0 Å². The summed E-state index contributed by atoms with van der Waals surface area (Å²) in [5, 5.41) is 7.03. The number of amides is 1. The zero-order valence-corrected chi connectivity index (χ0v) is 10.8. The topological polar surface area (TPSA) is 72.4 Å². The van der Waals surface area contributed by atoms with Crippen LogP contribution >= 0.6 is 0 Å². The van der Waals surface area contributed by atoms with Crippen LogP contribution in [0.5, 0.6) is 0 Å². The van der Waals surface area contributed by atoms with Gasteiger partial charge in [0, 0.05) is 18.4 Å². The van der Waals surface area contributed by atoms with E-state index in [4.69, 9.17) is 5.73 Å². The van der Waals surface area contributed by atoms with Gasteiger partial charge in [-0.2, -0.15) is 5.10 Å². The molecule has 0 saturated carbocycles. The molecule has 0 aliphatic heterocycles. The van der Waals surface area contributed by atoms with Crippen LogP contribution in [0.25, 0.3) is 5.52 Å². The summed E-state index contributed by atoms with van der Waals surface area (Å²) >= 11 is 0. The first-order valence-corrected chi connectivity index (χ1v) is 6.29. The molecule has 2 aromatic heterocycles. The summed E-state index contributed by atoms with van der Waals surface area (Å²) in [6.07, 6.45) is 3.39. The molecule has 0 aliphatic carbocycles. The number of rotatable bonds is 3. The van der Waals surface area contributed by atoms with Crippen molar-refractivity contribution in [1.82, 2.24) is 14.9 Å². The highest BCUT2D eigenvalue weighted by Crippen LogP contribution is 2.10. The molecule has 0 spiro atoms. The Kier molecular flexibility index (Phi) is 3.09. The summed E-state index contributed by atoms with van der Waals surface area (Å²) in [6.45, 7) is 0.462. The molecule has 20 heavy (non-hydrogen) atoms. The van der Waals surface area contributed by atoms with Gasteiger partial charge in [0.1, 0.15) is 0 Å². The fraction of sp³-hybridized carbons (Fsp3) is 0.0667. The first kappa shape index (κ1) is 12.2. The predicted molar refractivity (Wildman–Crippen MR) is 77.2 cm³/mol. The zero-order chi connectivity index (χ0) is 13.9. The number of hydrogen-bond donors (Lipinski definition) is 2. The highest BCUT2D eigenvalue weighted by atomic mass is 16.1. The van der Waals surface area contributed by atoms with Crippen LogP contribution in [0.15, 0.2) is 54.9 Å². The molecule has 1 amide bonds. The van der Waals surface area contributed by atoms with E-state index in [0.717, 1.165) is 11.1 Å². The van der Waals surface area contributed by atoms with Crippen molar-refractivity contribution in [3.63, 3.8) is 0 Å². The fourth-order valence-electron chi connectivity index (χ4n) is 2.02. The number of pyridine rings is 1. The number of hydrogen-bond acceptors (Lipinski definition) is 3. The minimum absolute atomic E-state index is 0.136. The first-order valence-electron chi connectivity index (χ1n) is 6.29. The molecule has 0 unspecified atom stereocenters. The molecular formula is C15H14N4O. The van der Waals surface area contributed by atoms with Crippen molar-refractivity contribution in [3.05, 3.63) is 66.0 Å². The highest BCUT2D eigenvalue weighted by Gasteiger charge is 2.11. The Balaban J connectivity index is 1.75. The molecule has 1 aromatic carbocycles. The molecule has 2 heterocycles. The zero-order valence-electron chi connectivity index (χ0n) is 10.8.